The van der Waals surface area contributed by atoms with Gasteiger partial charge in [-0.05, 0) is 48.6 Å². The topological polar surface area (TPSA) is 71.4 Å². The molecule has 0 saturated carbocycles. The summed E-state index contributed by atoms with van der Waals surface area (Å²) in [5, 5.41) is 7.03. The predicted molar refractivity (Wildman–Crippen MR) is 134 cm³/mol. The predicted octanol–water partition coefficient (Wildman–Crippen LogP) is 4.59. The third kappa shape index (κ3) is 4.43. The molecule has 0 bridgehead atoms. The number of ether oxygens (including phenoxy) is 1. The number of carbonyl (C=O) groups is 1. The van der Waals surface area contributed by atoms with E-state index >= 15 is 0 Å². The van der Waals surface area contributed by atoms with Gasteiger partial charge in [0, 0.05) is 42.3 Å². The zero-order valence-electron chi connectivity index (χ0n) is 19.5. The van der Waals surface area contributed by atoms with Gasteiger partial charge in [-0.3, -0.25) is 9.78 Å². The molecule has 172 valence electrons. The summed E-state index contributed by atoms with van der Waals surface area (Å²) in [5.41, 5.74) is 2.98. The van der Waals surface area contributed by atoms with Gasteiger partial charge in [0.1, 0.15) is 11.8 Å². The number of benzene rings is 1. The highest BCUT2D eigenvalue weighted by Gasteiger charge is 2.42. The number of nitrogens with one attached hydrogen (secondary N) is 2. The molecule has 0 aliphatic carbocycles. The van der Waals surface area contributed by atoms with Crippen LogP contribution >= 0.6 is 12.2 Å². The summed E-state index contributed by atoms with van der Waals surface area (Å²) < 4.78 is 7.73. The summed E-state index contributed by atoms with van der Waals surface area (Å²) in [6.07, 6.45) is 3.82. The summed E-state index contributed by atoms with van der Waals surface area (Å²) in [5.74, 6) is 0.489. The number of anilines is 2. The number of aromatic nitrogens is 2. The van der Waals surface area contributed by atoms with E-state index < -0.39 is 5.41 Å². The van der Waals surface area contributed by atoms with Crippen LogP contribution in [-0.4, -0.2) is 27.7 Å². The molecular formula is C25H29N5O2S. The summed E-state index contributed by atoms with van der Waals surface area (Å²) in [4.78, 5) is 19.2. The smallest absolute Gasteiger partial charge is 0.229 e. The highest BCUT2D eigenvalue weighted by Crippen LogP contribution is 2.43. The van der Waals surface area contributed by atoms with Crippen molar-refractivity contribution in [3.63, 3.8) is 0 Å². The van der Waals surface area contributed by atoms with Gasteiger partial charge in [0.05, 0.1) is 24.5 Å². The number of nitrogens with zero attached hydrogens (tertiary/aromatic N) is 3. The summed E-state index contributed by atoms with van der Waals surface area (Å²) in [6, 6.07) is 15.5. The van der Waals surface area contributed by atoms with Gasteiger partial charge in [-0.1, -0.05) is 26.8 Å². The zero-order chi connectivity index (χ0) is 23.8. The van der Waals surface area contributed by atoms with Crippen molar-refractivity contribution in [2.45, 2.75) is 32.9 Å². The quantitative estimate of drug-likeness (QED) is 0.540. The summed E-state index contributed by atoms with van der Waals surface area (Å²) >= 11 is 5.79. The molecule has 4 rings (SSSR count). The van der Waals surface area contributed by atoms with Crippen LogP contribution in [0.15, 0.2) is 60.9 Å². The molecule has 1 fully saturated rings. The maximum atomic E-state index is 12.5. The molecule has 1 saturated heterocycles. The minimum atomic E-state index is -0.516. The third-order valence-electron chi connectivity index (χ3n) is 5.78. The highest BCUT2D eigenvalue weighted by molar-refractivity contribution is 7.80. The fraction of sp³-hybridized carbons (Fsp3) is 0.320. The SMILES string of the molecule is COc1cc(N2C(=S)NC(c3ccccn3)C2c2cccn2C)ccc1NC(=O)C(C)(C)C. The van der Waals surface area contributed by atoms with Crippen molar-refractivity contribution in [2.24, 2.45) is 12.5 Å². The van der Waals surface area contributed by atoms with E-state index in [0.717, 1.165) is 17.1 Å². The minimum absolute atomic E-state index is 0.0798. The van der Waals surface area contributed by atoms with Gasteiger partial charge in [0.2, 0.25) is 5.91 Å². The van der Waals surface area contributed by atoms with Crippen LogP contribution < -0.4 is 20.3 Å². The minimum Gasteiger partial charge on any atom is -0.494 e. The van der Waals surface area contributed by atoms with Gasteiger partial charge in [0.25, 0.3) is 0 Å². The number of methoxy groups -OCH3 is 1. The second-order valence-electron chi connectivity index (χ2n) is 9.13. The number of amides is 1. The Hall–Kier alpha value is -3.39. The maximum Gasteiger partial charge on any atom is 0.229 e. The number of pyridine rings is 1. The van der Waals surface area contributed by atoms with Gasteiger partial charge < -0.3 is 24.8 Å². The van der Waals surface area contributed by atoms with Crippen LogP contribution in [0.4, 0.5) is 11.4 Å². The number of carbonyl (C=O) groups excluding carboxylic acids is 1. The van der Waals surface area contributed by atoms with E-state index in [9.17, 15) is 4.79 Å². The van der Waals surface area contributed by atoms with Gasteiger partial charge in [0.15, 0.2) is 5.11 Å². The average Bonchev–Trinajstić information content (AvgIpc) is 3.36. The second-order valence-corrected chi connectivity index (χ2v) is 9.52. The number of hydrogen-bond donors (Lipinski definition) is 2. The van der Waals surface area contributed by atoms with Gasteiger partial charge in [-0.2, -0.15) is 0 Å². The van der Waals surface area contributed by atoms with Gasteiger partial charge >= 0.3 is 0 Å². The normalized spacial score (nSPS) is 18.2. The third-order valence-corrected chi connectivity index (χ3v) is 6.09. The molecule has 7 nitrogen and oxygen atoms in total. The molecule has 8 heteroatoms. The molecule has 0 spiro atoms. The fourth-order valence-corrected chi connectivity index (χ4v) is 4.30. The van der Waals surface area contributed by atoms with E-state index in [2.05, 4.69) is 31.2 Å². The standard InChI is InChI=1S/C25H29N5O2S/c1-25(2,3)23(31)27-17-12-11-16(15-20(17)32-5)30-22(19-10-8-14-29(19)4)21(28-24(30)33)18-9-6-7-13-26-18/h6-15,21-22H,1-5H3,(H,27,31)(H,28,33). The Morgan fingerprint density at radius 2 is 1.97 bits per heavy atom. The lowest BCUT2D eigenvalue weighted by Gasteiger charge is -2.29. The number of aryl methyl sites for hydroxylation is 1. The monoisotopic (exact) mass is 463 g/mol. The van der Waals surface area contributed by atoms with Crippen molar-refractivity contribution in [2.75, 3.05) is 17.3 Å². The average molecular weight is 464 g/mol. The van der Waals surface area contributed by atoms with Crippen molar-refractivity contribution in [1.82, 2.24) is 14.9 Å². The van der Waals surface area contributed by atoms with Crippen LogP contribution in [0.25, 0.3) is 0 Å². The van der Waals surface area contributed by atoms with E-state index in [1.54, 1.807) is 13.3 Å². The van der Waals surface area contributed by atoms with Crippen molar-refractivity contribution in [3.05, 3.63) is 72.3 Å². The number of thiocarbonyl (C=S) groups is 1. The van der Waals surface area contributed by atoms with Crippen LogP contribution in [0.1, 0.15) is 44.2 Å². The lowest BCUT2D eigenvalue weighted by atomic mass is 9.95. The van der Waals surface area contributed by atoms with Crippen LogP contribution in [0.3, 0.4) is 0 Å². The molecule has 2 N–H and O–H groups in total. The molecule has 0 radical (unpaired) electrons. The highest BCUT2D eigenvalue weighted by atomic mass is 32.1. The summed E-state index contributed by atoms with van der Waals surface area (Å²) in [7, 11) is 3.62. The molecule has 3 heterocycles. The first-order valence-corrected chi connectivity index (χ1v) is 11.2. The van der Waals surface area contributed by atoms with E-state index in [1.165, 1.54) is 0 Å². The van der Waals surface area contributed by atoms with E-state index in [0.29, 0.717) is 16.5 Å². The molecule has 1 amide bonds. The first kappa shape index (κ1) is 22.8. The molecule has 2 atom stereocenters. The van der Waals surface area contributed by atoms with Crippen LogP contribution in [0, 0.1) is 5.41 Å². The lowest BCUT2D eigenvalue weighted by Crippen LogP contribution is -2.30. The Morgan fingerprint density at radius 3 is 2.58 bits per heavy atom. The van der Waals surface area contributed by atoms with E-state index in [-0.39, 0.29) is 18.0 Å². The Labute approximate surface area is 199 Å². The fourth-order valence-electron chi connectivity index (χ4n) is 3.96. The Kier molecular flexibility index (Phi) is 6.12. The molecule has 33 heavy (non-hydrogen) atoms. The molecular weight excluding hydrogens is 434 g/mol. The van der Waals surface area contributed by atoms with Gasteiger partial charge in [-0.15, -0.1) is 0 Å². The van der Waals surface area contributed by atoms with Crippen molar-refractivity contribution >= 4 is 34.6 Å². The van der Waals surface area contributed by atoms with Crippen LogP contribution in [-0.2, 0) is 11.8 Å². The molecule has 1 aliphatic rings. The largest absolute Gasteiger partial charge is 0.494 e. The number of hydrogen-bond acceptors (Lipinski definition) is 4. The van der Waals surface area contributed by atoms with Crippen LogP contribution in [0.5, 0.6) is 5.75 Å². The van der Waals surface area contributed by atoms with Crippen molar-refractivity contribution in [3.8, 4) is 5.75 Å². The van der Waals surface area contributed by atoms with Gasteiger partial charge in [-0.25, -0.2) is 0 Å². The Morgan fingerprint density at radius 1 is 1.18 bits per heavy atom. The molecule has 1 aromatic carbocycles. The Balaban J connectivity index is 1.75. The second kappa shape index (κ2) is 8.86. The van der Waals surface area contributed by atoms with E-state index in [1.807, 2.05) is 76.5 Å². The van der Waals surface area contributed by atoms with Crippen LogP contribution in [0.2, 0.25) is 0 Å². The van der Waals surface area contributed by atoms with E-state index in [4.69, 9.17) is 17.0 Å². The summed E-state index contributed by atoms with van der Waals surface area (Å²) in [6.45, 7) is 5.62. The molecule has 3 aromatic rings. The maximum absolute atomic E-state index is 12.5. The van der Waals surface area contributed by atoms with Crippen molar-refractivity contribution in [1.29, 1.82) is 0 Å². The molecule has 2 aromatic heterocycles. The lowest BCUT2D eigenvalue weighted by molar-refractivity contribution is -0.123. The Bertz CT molecular complexity index is 1170. The first-order valence-electron chi connectivity index (χ1n) is 10.8. The first-order chi connectivity index (χ1) is 15.7. The molecule has 1 aliphatic heterocycles. The zero-order valence-corrected chi connectivity index (χ0v) is 20.3. The molecule has 2 unspecified atom stereocenters. The van der Waals surface area contributed by atoms with Crippen molar-refractivity contribution < 1.29 is 9.53 Å². The number of rotatable bonds is 5.